The Morgan fingerprint density at radius 2 is 2.12 bits per heavy atom. The third kappa shape index (κ3) is 5.36. The van der Waals surface area contributed by atoms with Crippen molar-refractivity contribution in [3.8, 4) is 5.75 Å². The molecule has 0 amide bonds. The first-order valence-corrected chi connectivity index (χ1v) is 5.88. The average Bonchev–Trinajstić information content (AvgIpc) is 2.34. The first-order valence-electron chi connectivity index (χ1n) is 5.88. The fraction of sp³-hybridized carbons (Fsp3) is 0.462. The van der Waals surface area contributed by atoms with E-state index in [-0.39, 0.29) is 0 Å². The summed E-state index contributed by atoms with van der Waals surface area (Å²) in [6.07, 6.45) is 1.38. The highest BCUT2D eigenvalue weighted by Gasteiger charge is 2.15. The van der Waals surface area contributed by atoms with Crippen LogP contribution in [0.25, 0.3) is 0 Å². The third-order valence-electron chi connectivity index (χ3n) is 2.36. The molecule has 0 fully saturated rings. The van der Waals surface area contributed by atoms with Gasteiger partial charge in [0.05, 0.1) is 6.61 Å². The van der Waals surface area contributed by atoms with E-state index in [1.165, 1.54) is 0 Å². The smallest absolute Gasteiger partial charge is 0.320 e. The molecule has 94 valence electrons. The van der Waals surface area contributed by atoms with Crippen LogP contribution in [0.2, 0.25) is 0 Å². The fourth-order valence-electron chi connectivity index (χ4n) is 1.44. The van der Waals surface area contributed by atoms with Crippen LogP contribution in [-0.2, 0) is 4.79 Å². The minimum absolute atomic E-state index is 0.400. The molecule has 1 atom stereocenters. The second kappa shape index (κ2) is 7.68. The molecule has 0 saturated carbocycles. The Labute approximate surface area is 102 Å². The Bertz CT molecular complexity index is 327. The van der Waals surface area contributed by atoms with Crippen molar-refractivity contribution in [1.29, 1.82) is 0 Å². The van der Waals surface area contributed by atoms with Crippen molar-refractivity contribution in [3.05, 3.63) is 30.3 Å². The second-order valence-electron chi connectivity index (χ2n) is 3.80. The Balaban J connectivity index is 2.29. The van der Waals surface area contributed by atoms with Crippen LogP contribution in [0.4, 0.5) is 0 Å². The summed E-state index contributed by atoms with van der Waals surface area (Å²) >= 11 is 0. The molecule has 0 spiro atoms. The zero-order valence-corrected chi connectivity index (χ0v) is 10.1. The number of para-hydroxylation sites is 1. The number of rotatable bonds is 8. The molecule has 0 aliphatic carbocycles. The third-order valence-corrected chi connectivity index (χ3v) is 2.36. The first kappa shape index (κ1) is 13.5. The molecule has 1 aromatic carbocycles. The molecule has 0 aromatic heterocycles. The van der Waals surface area contributed by atoms with Crippen molar-refractivity contribution in [1.82, 2.24) is 5.32 Å². The van der Waals surface area contributed by atoms with E-state index >= 15 is 0 Å². The largest absolute Gasteiger partial charge is 0.494 e. The van der Waals surface area contributed by atoms with E-state index in [2.05, 4.69) is 5.32 Å². The van der Waals surface area contributed by atoms with Crippen LogP contribution >= 0.6 is 0 Å². The van der Waals surface area contributed by atoms with E-state index in [1.54, 1.807) is 0 Å². The van der Waals surface area contributed by atoms with Crippen LogP contribution in [-0.4, -0.2) is 30.3 Å². The summed E-state index contributed by atoms with van der Waals surface area (Å²) in [5, 5.41) is 12.0. The van der Waals surface area contributed by atoms with E-state index in [1.807, 2.05) is 37.3 Å². The molecule has 0 aliphatic heterocycles. The average molecular weight is 237 g/mol. The number of carboxylic acid groups (broad SMARTS) is 1. The molecule has 4 heteroatoms. The summed E-state index contributed by atoms with van der Waals surface area (Å²) < 4.78 is 5.46. The molecule has 1 rings (SSSR count). The topological polar surface area (TPSA) is 58.6 Å². The van der Waals surface area contributed by atoms with Crippen molar-refractivity contribution in [3.63, 3.8) is 0 Å². The lowest BCUT2D eigenvalue weighted by molar-refractivity contribution is -0.139. The molecule has 4 nitrogen and oxygen atoms in total. The lowest BCUT2D eigenvalue weighted by atomic mass is 10.2. The molecule has 2 N–H and O–H groups in total. The number of aliphatic carboxylic acids is 1. The van der Waals surface area contributed by atoms with Gasteiger partial charge in [0, 0.05) is 6.42 Å². The molecular formula is C13H19NO3. The van der Waals surface area contributed by atoms with E-state index in [0.717, 1.165) is 12.2 Å². The van der Waals surface area contributed by atoms with Crippen molar-refractivity contribution >= 4 is 5.97 Å². The fourth-order valence-corrected chi connectivity index (χ4v) is 1.44. The van der Waals surface area contributed by atoms with Crippen molar-refractivity contribution < 1.29 is 14.6 Å². The van der Waals surface area contributed by atoms with Crippen LogP contribution in [0.1, 0.15) is 19.8 Å². The van der Waals surface area contributed by atoms with Crippen molar-refractivity contribution in [2.75, 3.05) is 13.2 Å². The van der Waals surface area contributed by atoms with E-state index in [9.17, 15) is 4.79 Å². The van der Waals surface area contributed by atoms with E-state index < -0.39 is 12.0 Å². The minimum atomic E-state index is -0.824. The van der Waals surface area contributed by atoms with Crippen molar-refractivity contribution in [2.45, 2.75) is 25.8 Å². The van der Waals surface area contributed by atoms with Gasteiger partial charge in [-0.3, -0.25) is 4.79 Å². The molecule has 0 radical (unpaired) electrons. The molecular weight excluding hydrogens is 218 g/mol. The maximum atomic E-state index is 10.9. The predicted molar refractivity (Wildman–Crippen MR) is 66.3 cm³/mol. The predicted octanol–water partition coefficient (Wildman–Crippen LogP) is 1.91. The lowest BCUT2D eigenvalue weighted by Gasteiger charge is -2.14. The van der Waals surface area contributed by atoms with Gasteiger partial charge < -0.3 is 15.2 Å². The van der Waals surface area contributed by atoms with Crippen LogP contribution in [0, 0.1) is 0 Å². The molecule has 0 heterocycles. The first-order chi connectivity index (χ1) is 8.24. The highest BCUT2D eigenvalue weighted by molar-refractivity contribution is 5.73. The summed E-state index contributed by atoms with van der Waals surface area (Å²) in [7, 11) is 0. The highest BCUT2D eigenvalue weighted by Crippen LogP contribution is 2.08. The number of benzene rings is 1. The molecule has 1 unspecified atom stereocenters. The Morgan fingerprint density at radius 1 is 1.41 bits per heavy atom. The number of ether oxygens (including phenoxy) is 1. The van der Waals surface area contributed by atoms with E-state index in [4.69, 9.17) is 9.84 Å². The van der Waals surface area contributed by atoms with Gasteiger partial charge in [0.25, 0.3) is 0 Å². The standard InChI is InChI=1S/C13H19NO3/c1-2-9-14-12(13(15)16)8-10-17-11-6-4-3-5-7-11/h3-7,12,14H,2,8-10H2,1H3,(H,15,16). The monoisotopic (exact) mass is 237 g/mol. The Morgan fingerprint density at radius 3 is 2.71 bits per heavy atom. The van der Waals surface area contributed by atoms with Crippen LogP contribution in [0.15, 0.2) is 30.3 Å². The van der Waals surface area contributed by atoms with Gasteiger partial charge in [-0.2, -0.15) is 0 Å². The maximum absolute atomic E-state index is 10.9. The summed E-state index contributed by atoms with van der Waals surface area (Å²) in [5.74, 6) is -0.0535. The van der Waals surface area contributed by atoms with Gasteiger partial charge >= 0.3 is 5.97 Å². The minimum Gasteiger partial charge on any atom is -0.494 e. The van der Waals surface area contributed by atoms with E-state index in [0.29, 0.717) is 19.6 Å². The van der Waals surface area contributed by atoms with Crippen LogP contribution in [0.5, 0.6) is 5.75 Å². The molecule has 0 aliphatic rings. The van der Waals surface area contributed by atoms with Gasteiger partial charge in [-0.1, -0.05) is 25.1 Å². The normalized spacial score (nSPS) is 12.1. The zero-order valence-electron chi connectivity index (χ0n) is 10.1. The van der Waals surface area contributed by atoms with Gasteiger partial charge in [0.2, 0.25) is 0 Å². The number of hydrogen-bond acceptors (Lipinski definition) is 3. The molecule has 1 aromatic rings. The van der Waals surface area contributed by atoms with Gasteiger partial charge in [-0.15, -0.1) is 0 Å². The van der Waals surface area contributed by atoms with Gasteiger partial charge in [0.1, 0.15) is 11.8 Å². The summed E-state index contributed by atoms with van der Waals surface area (Å²) in [5.41, 5.74) is 0. The number of carbonyl (C=O) groups is 1. The number of carboxylic acids is 1. The molecule has 0 saturated heterocycles. The van der Waals surface area contributed by atoms with Crippen LogP contribution in [0.3, 0.4) is 0 Å². The Kier molecular flexibility index (Phi) is 6.10. The van der Waals surface area contributed by atoms with Gasteiger partial charge in [0.15, 0.2) is 0 Å². The summed E-state index contributed by atoms with van der Waals surface area (Å²) in [6.45, 7) is 3.12. The number of hydrogen-bond donors (Lipinski definition) is 2. The Hall–Kier alpha value is -1.55. The van der Waals surface area contributed by atoms with Crippen molar-refractivity contribution in [2.24, 2.45) is 0 Å². The SMILES string of the molecule is CCCNC(CCOc1ccccc1)C(=O)O. The number of nitrogens with one attached hydrogen (secondary N) is 1. The summed E-state index contributed by atoms with van der Waals surface area (Å²) in [6, 6.07) is 8.87. The van der Waals surface area contributed by atoms with Gasteiger partial charge in [-0.25, -0.2) is 0 Å². The van der Waals surface area contributed by atoms with Crippen LogP contribution < -0.4 is 10.1 Å². The maximum Gasteiger partial charge on any atom is 0.320 e. The van der Waals surface area contributed by atoms with Gasteiger partial charge in [-0.05, 0) is 25.1 Å². The molecule has 0 bridgehead atoms. The quantitative estimate of drug-likeness (QED) is 0.725. The zero-order chi connectivity index (χ0) is 12.5. The second-order valence-corrected chi connectivity index (χ2v) is 3.80. The summed E-state index contributed by atoms with van der Waals surface area (Å²) in [4.78, 5) is 10.9. The highest BCUT2D eigenvalue weighted by atomic mass is 16.5. The lowest BCUT2D eigenvalue weighted by Crippen LogP contribution is -2.38. The molecule has 17 heavy (non-hydrogen) atoms.